The molecule has 5 heterocycles. The lowest BCUT2D eigenvalue weighted by Gasteiger charge is -2.15. The van der Waals surface area contributed by atoms with Crippen molar-refractivity contribution in [3.05, 3.63) is 80.7 Å². The van der Waals surface area contributed by atoms with Crippen LogP contribution in [0.15, 0.2) is 59.3 Å². The number of nitrogens with zero attached hydrogens (tertiary/aromatic N) is 2. The second kappa shape index (κ2) is 17.2. The summed E-state index contributed by atoms with van der Waals surface area (Å²) in [4.78, 5) is 16.5. The summed E-state index contributed by atoms with van der Waals surface area (Å²) in [5.41, 5.74) is 2.70. The Kier molecular flexibility index (Phi) is 12.6. The lowest BCUT2D eigenvalue weighted by atomic mass is 10.0. The summed E-state index contributed by atoms with van der Waals surface area (Å²) < 4.78 is 32.3. The van der Waals surface area contributed by atoms with Gasteiger partial charge in [0, 0.05) is 19.5 Å². The van der Waals surface area contributed by atoms with Crippen LogP contribution >= 0.6 is 45.3 Å². The molecule has 0 fully saturated rings. The Bertz CT molecular complexity index is 1750. The quantitative estimate of drug-likeness (QED) is 0.0827. The number of aryl methyl sites for hydroxylation is 2. The van der Waals surface area contributed by atoms with Gasteiger partial charge < -0.3 is 0 Å². The second-order valence-electron chi connectivity index (χ2n) is 12.5. The SMILES string of the molecule is CCCCCCCCc1ccc(-c2nc3c(-c4cccs4)c(F)c(F)c(-c4cccs4)c3nc2-c2ccc(CCCCCCCC)s2)s1. The first-order chi connectivity index (χ1) is 23.6. The number of halogens is 2. The van der Waals surface area contributed by atoms with E-state index in [0.717, 1.165) is 34.0 Å². The van der Waals surface area contributed by atoms with E-state index in [2.05, 4.69) is 38.1 Å². The highest BCUT2D eigenvalue weighted by Gasteiger charge is 2.28. The number of benzene rings is 1. The molecular weight excluding hydrogens is 675 g/mol. The molecule has 0 amide bonds. The fourth-order valence-corrected chi connectivity index (χ4v) is 9.89. The lowest BCUT2D eigenvalue weighted by Crippen LogP contribution is -2.02. The maximum Gasteiger partial charge on any atom is 0.170 e. The molecule has 252 valence electrons. The molecule has 6 rings (SSSR count). The van der Waals surface area contributed by atoms with Crippen molar-refractivity contribution in [3.8, 4) is 42.0 Å². The van der Waals surface area contributed by atoms with Crippen molar-refractivity contribution < 1.29 is 8.78 Å². The van der Waals surface area contributed by atoms with E-state index in [1.807, 2.05) is 35.0 Å². The Morgan fingerprint density at radius 3 is 1.31 bits per heavy atom. The first-order valence-corrected chi connectivity index (χ1v) is 21.0. The largest absolute Gasteiger partial charge is 0.242 e. The Morgan fingerprint density at radius 2 is 0.917 bits per heavy atom. The van der Waals surface area contributed by atoms with Crippen LogP contribution in [-0.2, 0) is 12.8 Å². The van der Waals surface area contributed by atoms with Crippen LogP contribution in [0.25, 0.3) is 53.1 Å². The van der Waals surface area contributed by atoms with E-state index in [1.54, 1.807) is 22.7 Å². The van der Waals surface area contributed by atoms with Gasteiger partial charge in [0.1, 0.15) is 22.4 Å². The summed E-state index contributed by atoms with van der Waals surface area (Å²) in [7, 11) is 0. The standard InChI is InChI=1S/C40H44F2N2S4/c1-3-5-7-9-11-13-17-27-21-23-31(47-27)37-38(32-24-22-28(48-32)18-14-12-10-8-6-4-2)44-40-34(30-20-16-26-46-30)36(42)35(41)33(39(40)43-37)29-19-15-25-45-29/h15-16,19-26H,3-14,17-18H2,1-2H3. The Labute approximate surface area is 300 Å². The maximum atomic E-state index is 16.2. The van der Waals surface area contributed by atoms with Crippen LogP contribution in [-0.4, -0.2) is 9.97 Å². The Morgan fingerprint density at radius 1 is 0.500 bits per heavy atom. The second-order valence-corrected chi connectivity index (χ2v) is 16.8. The minimum absolute atomic E-state index is 0.192. The summed E-state index contributed by atoms with van der Waals surface area (Å²) in [6.45, 7) is 4.50. The number of hydrogen-bond acceptors (Lipinski definition) is 6. The predicted octanol–water partition coefficient (Wildman–Crippen LogP) is 14.6. The number of aromatic nitrogens is 2. The summed E-state index contributed by atoms with van der Waals surface area (Å²) in [5.74, 6) is -1.73. The molecule has 0 unspecified atom stereocenters. The molecule has 2 nitrogen and oxygen atoms in total. The van der Waals surface area contributed by atoms with Gasteiger partial charge in [-0.2, -0.15) is 0 Å². The fraction of sp³-hybridized carbons (Fsp3) is 0.400. The number of rotatable bonds is 18. The third-order valence-corrected chi connectivity index (χ3v) is 13.0. The highest BCUT2D eigenvalue weighted by Crippen LogP contribution is 2.45. The molecule has 6 aromatic rings. The molecular formula is C40H44F2N2S4. The van der Waals surface area contributed by atoms with Gasteiger partial charge in [0.05, 0.1) is 20.9 Å². The number of hydrogen-bond donors (Lipinski definition) is 0. The number of thiophene rings is 4. The summed E-state index contributed by atoms with van der Waals surface area (Å²) in [6.07, 6.45) is 17.2. The van der Waals surface area contributed by atoms with E-state index in [-0.39, 0.29) is 11.1 Å². The number of fused-ring (bicyclic) bond motifs is 1. The fourth-order valence-electron chi connectivity index (χ4n) is 6.28. The molecule has 0 spiro atoms. The van der Waals surface area contributed by atoms with E-state index in [4.69, 9.17) is 9.97 Å². The van der Waals surface area contributed by atoms with Crippen LogP contribution in [0.3, 0.4) is 0 Å². The van der Waals surface area contributed by atoms with E-state index in [0.29, 0.717) is 20.8 Å². The minimum atomic E-state index is -0.867. The van der Waals surface area contributed by atoms with E-state index in [9.17, 15) is 0 Å². The van der Waals surface area contributed by atoms with Crippen molar-refractivity contribution in [1.29, 1.82) is 0 Å². The van der Waals surface area contributed by atoms with Gasteiger partial charge >= 0.3 is 0 Å². The van der Waals surface area contributed by atoms with Crippen molar-refractivity contribution in [2.24, 2.45) is 0 Å². The molecule has 0 aliphatic heterocycles. The molecule has 0 aliphatic rings. The molecule has 48 heavy (non-hydrogen) atoms. The van der Waals surface area contributed by atoms with Gasteiger partial charge in [-0.15, -0.1) is 45.3 Å². The van der Waals surface area contributed by atoms with Gasteiger partial charge in [-0.25, -0.2) is 18.7 Å². The molecule has 8 heteroatoms. The molecule has 0 atom stereocenters. The van der Waals surface area contributed by atoms with Crippen LogP contribution in [0.4, 0.5) is 8.78 Å². The summed E-state index contributed by atoms with van der Waals surface area (Å²) in [5, 5.41) is 3.78. The van der Waals surface area contributed by atoms with Crippen LogP contribution < -0.4 is 0 Å². The van der Waals surface area contributed by atoms with Gasteiger partial charge in [0.2, 0.25) is 0 Å². The Hall–Kier alpha value is -2.78. The summed E-state index contributed by atoms with van der Waals surface area (Å²) in [6, 6.07) is 16.1. The highest BCUT2D eigenvalue weighted by molar-refractivity contribution is 7.16. The van der Waals surface area contributed by atoms with Crippen LogP contribution in [0, 0.1) is 11.6 Å². The molecule has 0 aliphatic carbocycles. The third kappa shape index (κ3) is 8.15. The third-order valence-electron chi connectivity index (χ3n) is 8.88. The van der Waals surface area contributed by atoms with Crippen molar-refractivity contribution in [2.75, 3.05) is 0 Å². The average molecular weight is 719 g/mol. The van der Waals surface area contributed by atoms with Gasteiger partial charge in [0.25, 0.3) is 0 Å². The summed E-state index contributed by atoms with van der Waals surface area (Å²) >= 11 is 6.28. The van der Waals surface area contributed by atoms with E-state index < -0.39 is 11.6 Å². The average Bonchev–Trinajstić information content (AvgIpc) is 3.93. The topological polar surface area (TPSA) is 25.8 Å². The monoisotopic (exact) mass is 718 g/mol. The normalized spacial score (nSPS) is 11.7. The first kappa shape index (κ1) is 35.1. The van der Waals surface area contributed by atoms with Gasteiger partial charge in [0.15, 0.2) is 11.6 Å². The molecule has 5 aromatic heterocycles. The smallest absolute Gasteiger partial charge is 0.170 e. The molecule has 0 radical (unpaired) electrons. The predicted molar refractivity (Wildman–Crippen MR) is 207 cm³/mol. The van der Waals surface area contributed by atoms with Crippen molar-refractivity contribution in [1.82, 2.24) is 9.97 Å². The molecule has 0 saturated heterocycles. The Balaban J connectivity index is 1.43. The van der Waals surface area contributed by atoms with Gasteiger partial charge in [-0.05, 0) is 72.8 Å². The number of unbranched alkanes of at least 4 members (excludes halogenated alkanes) is 10. The minimum Gasteiger partial charge on any atom is -0.242 e. The van der Waals surface area contributed by atoms with E-state index >= 15 is 8.78 Å². The molecule has 0 saturated carbocycles. The molecule has 1 aromatic carbocycles. The van der Waals surface area contributed by atoms with Crippen molar-refractivity contribution in [3.63, 3.8) is 0 Å². The van der Waals surface area contributed by atoms with Gasteiger partial charge in [-0.1, -0.05) is 90.2 Å². The molecule has 0 bridgehead atoms. The lowest BCUT2D eigenvalue weighted by molar-refractivity contribution is 0.515. The zero-order chi connectivity index (χ0) is 33.3. The van der Waals surface area contributed by atoms with Crippen LogP contribution in [0.2, 0.25) is 0 Å². The van der Waals surface area contributed by atoms with Crippen LogP contribution in [0.5, 0.6) is 0 Å². The first-order valence-electron chi connectivity index (χ1n) is 17.6. The molecule has 0 N–H and O–H groups in total. The van der Waals surface area contributed by atoms with Crippen LogP contribution in [0.1, 0.15) is 101 Å². The zero-order valence-electron chi connectivity index (χ0n) is 28.0. The highest BCUT2D eigenvalue weighted by atomic mass is 32.1. The van der Waals surface area contributed by atoms with Crippen molar-refractivity contribution in [2.45, 2.75) is 104 Å². The van der Waals surface area contributed by atoms with Crippen molar-refractivity contribution >= 4 is 56.4 Å². The maximum absolute atomic E-state index is 16.2. The van der Waals surface area contributed by atoms with Gasteiger partial charge in [-0.3, -0.25) is 0 Å². The zero-order valence-corrected chi connectivity index (χ0v) is 31.2. The van der Waals surface area contributed by atoms with E-state index in [1.165, 1.54) is 109 Å².